The maximum atomic E-state index is 5.59. The minimum atomic E-state index is -1.14. The molecule has 0 aliphatic carbocycles. The van der Waals surface area contributed by atoms with Crippen LogP contribution in [0.5, 0.6) is 0 Å². The van der Waals surface area contributed by atoms with E-state index < -0.39 is 6.04 Å². The number of hydrogen-bond acceptors (Lipinski definition) is 2. The molecule has 1 fully saturated rings. The van der Waals surface area contributed by atoms with Gasteiger partial charge in [0.15, 0.2) is 0 Å². The van der Waals surface area contributed by atoms with Crippen molar-refractivity contribution in [3.63, 3.8) is 0 Å². The van der Waals surface area contributed by atoms with Crippen molar-refractivity contribution in [1.29, 1.82) is 0 Å². The maximum absolute atomic E-state index is 5.59. The highest BCUT2D eigenvalue weighted by Crippen LogP contribution is 2.60. The molecule has 1 saturated heterocycles. The Morgan fingerprint density at radius 2 is 2.00 bits per heavy atom. The van der Waals surface area contributed by atoms with Gasteiger partial charge in [0.25, 0.3) is 0 Å². The van der Waals surface area contributed by atoms with E-state index in [2.05, 4.69) is 20.8 Å². The highest BCUT2D eigenvalue weighted by Gasteiger charge is 2.34. The van der Waals surface area contributed by atoms with E-state index in [1.165, 1.54) is 0 Å². The highest BCUT2D eigenvalue weighted by atomic mass is 32.4. The van der Waals surface area contributed by atoms with Gasteiger partial charge in [-0.15, -0.1) is 0 Å². The fourth-order valence-corrected chi connectivity index (χ4v) is 3.50. The summed E-state index contributed by atoms with van der Waals surface area (Å²) >= 11 is 5.59. The second kappa shape index (κ2) is 2.58. The molecule has 0 amide bonds. The molecule has 0 spiro atoms. The molecule has 0 N–H and O–H groups in total. The van der Waals surface area contributed by atoms with E-state index in [0.717, 1.165) is 19.1 Å². The van der Waals surface area contributed by atoms with Crippen molar-refractivity contribution < 1.29 is 4.74 Å². The zero-order chi connectivity index (χ0) is 7.83. The van der Waals surface area contributed by atoms with Crippen molar-refractivity contribution in [2.75, 3.05) is 19.1 Å². The zero-order valence-corrected chi connectivity index (χ0v) is 8.60. The SMILES string of the molecule is CC(C)(C)P1(=S)CCOC1. The van der Waals surface area contributed by atoms with Crippen LogP contribution in [0.3, 0.4) is 0 Å². The molecule has 1 atom stereocenters. The third-order valence-corrected chi connectivity index (χ3v) is 8.58. The average molecular weight is 178 g/mol. The molecule has 0 saturated carbocycles. The Bertz CT molecular complexity index is 161. The van der Waals surface area contributed by atoms with E-state index >= 15 is 0 Å². The predicted octanol–water partition coefficient (Wildman–Crippen LogP) is 2.25. The second-order valence-electron chi connectivity index (χ2n) is 3.82. The summed E-state index contributed by atoms with van der Waals surface area (Å²) in [6.45, 7) is 7.61. The normalized spacial score (nSPS) is 34.7. The fraction of sp³-hybridized carbons (Fsp3) is 1.00. The summed E-state index contributed by atoms with van der Waals surface area (Å²) in [5.74, 6) is 0. The quantitative estimate of drug-likeness (QED) is 0.526. The molecule has 10 heavy (non-hydrogen) atoms. The first kappa shape index (κ1) is 8.70. The molecule has 0 aromatic heterocycles. The number of hydrogen-bond donors (Lipinski definition) is 0. The minimum absolute atomic E-state index is 0.318. The van der Waals surface area contributed by atoms with Crippen LogP contribution in [-0.4, -0.2) is 24.3 Å². The molecule has 0 aromatic carbocycles. The van der Waals surface area contributed by atoms with Crippen LogP contribution in [0, 0.1) is 0 Å². The smallest absolute Gasteiger partial charge is 0.0758 e. The van der Waals surface area contributed by atoms with Gasteiger partial charge in [-0.1, -0.05) is 32.6 Å². The van der Waals surface area contributed by atoms with Gasteiger partial charge in [0.05, 0.1) is 13.0 Å². The van der Waals surface area contributed by atoms with Crippen LogP contribution in [0.2, 0.25) is 0 Å². The second-order valence-corrected chi connectivity index (χ2v) is 9.74. The van der Waals surface area contributed by atoms with Gasteiger partial charge in [0.1, 0.15) is 0 Å². The van der Waals surface area contributed by atoms with Crippen LogP contribution < -0.4 is 0 Å². The van der Waals surface area contributed by atoms with Gasteiger partial charge in [-0.05, 0) is 11.2 Å². The Morgan fingerprint density at radius 3 is 2.20 bits per heavy atom. The van der Waals surface area contributed by atoms with Crippen LogP contribution in [0.4, 0.5) is 0 Å². The Hall–Kier alpha value is 0.610. The molecule has 60 valence electrons. The van der Waals surface area contributed by atoms with Gasteiger partial charge in [0, 0.05) is 6.16 Å². The van der Waals surface area contributed by atoms with E-state index in [9.17, 15) is 0 Å². The molecule has 1 nitrogen and oxygen atoms in total. The largest absolute Gasteiger partial charge is 0.376 e. The Morgan fingerprint density at radius 1 is 1.40 bits per heavy atom. The molecule has 0 radical (unpaired) electrons. The summed E-state index contributed by atoms with van der Waals surface area (Å²) in [7, 11) is 0. The average Bonchev–Trinajstić information content (AvgIpc) is 2.13. The molecular formula is C7H15OPS. The van der Waals surface area contributed by atoms with Crippen LogP contribution in [0.1, 0.15) is 20.8 Å². The summed E-state index contributed by atoms with van der Waals surface area (Å²) in [5, 5.41) is 0.318. The van der Waals surface area contributed by atoms with Crippen LogP contribution in [0.25, 0.3) is 0 Å². The highest BCUT2D eigenvalue weighted by molar-refractivity contribution is 8.15. The molecule has 0 bridgehead atoms. The van der Waals surface area contributed by atoms with Crippen molar-refractivity contribution in [1.82, 2.24) is 0 Å². The molecule has 1 aliphatic rings. The summed E-state index contributed by atoms with van der Waals surface area (Å²) < 4.78 is 5.33. The first-order valence-corrected chi connectivity index (χ1v) is 6.79. The van der Waals surface area contributed by atoms with Gasteiger partial charge < -0.3 is 4.74 Å². The van der Waals surface area contributed by atoms with Gasteiger partial charge in [0.2, 0.25) is 0 Å². The topological polar surface area (TPSA) is 9.23 Å². The lowest BCUT2D eigenvalue weighted by molar-refractivity contribution is 0.216. The molecule has 0 aromatic rings. The fourth-order valence-electron chi connectivity index (χ4n) is 1.02. The molecule has 3 heteroatoms. The summed E-state index contributed by atoms with van der Waals surface area (Å²) in [5.41, 5.74) is 0. The van der Waals surface area contributed by atoms with Gasteiger partial charge in [-0.2, -0.15) is 0 Å². The van der Waals surface area contributed by atoms with E-state index in [-0.39, 0.29) is 0 Å². The Balaban J connectivity index is 2.78. The lowest BCUT2D eigenvalue weighted by Crippen LogP contribution is -2.15. The Labute approximate surface area is 68.2 Å². The van der Waals surface area contributed by atoms with Crippen molar-refractivity contribution >= 4 is 17.8 Å². The zero-order valence-electron chi connectivity index (χ0n) is 6.89. The van der Waals surface area contributed by atoms with E-state index in [0.29, 0.717) is 5.16 Å². The van der Waals surface area contributed by atoms with Crippen molar-refractivity contribution in [2.24, 2.45) is 0 Å². The summed E-state index contributed by atoms with van der Waals surface area (Å²) in [4.78, 5) is 0. The lowest BCUT2D eigenvalue weighted by Gasteiger charge is -2.29. The van der Waals surface area contributed by atoms with E-state index in [4.69, 9.17) is 16.5 Å². The van der Waals surface area contributed by atoms with Gasteiger partial charge >= 0.3 is 0 Å². The first-order chi connectivity index (χ1) is 4.46. The third-order valence-electron chi connectivity index (χ3n) is 2.12. The standard InChI is InChI=1S/C7H15OPS/c1-7(2,3)9(10)5-4-8-6-9/h4-6H2,1-3H3. The third kappa shape index (κ3) is 1.44. The van der Waals surface area contributed by atoms with Crippen LogP contribution in [-0.2, 0) is 16.5 Å². The van der Waals surface area contributed by atoms with E-state index in [1.54, 1.807) is 0 Å². The monoisotopic (exact) mass is 178 g/mol. The van der Waals surface area contributed by atoms with Crippen LogP contribution in [0.15, 0.2) is 0 Å². The molecule has 1 unspecified atom stereocenters. The van der Waals surface area contributed by atoms with Gasteiger partial charge in [-0.25, -0.2) is 0 Å². The molecule has 1 rings (SSSR count). The number of ether oxygens (including phenoxy) is 1. The molecular weight excluding hydrogens is 163 g/mol. The predicted molar refractivity (Wildman–Crippen MR) is 49.7 cm³/mol. The van der Waals surface area contributed by atoms with Gasteiger partial charge in [-0.3, -0.25) is 0 Å². The lowest BCUT2D eigenvalue weighted by atomic mass is 10.3. The minimum Gasteiger partial charge on any atom is -0.376 e. The first-order valence-electron chi connectivity index (χ1n) is 3.62. The molecule has 1 aliphatic heterocycles. The van der Waals surface area contributed by atoms with Crippen molar-refractivity contribution in [3.8, 4) is 0 Å². The Kier molecular flexibility index (Phi) is 2.25. The van der Waals surface area contributed by atoms with Crippen LogP contribution >= 0.6 is 6.04 Å². The van der Waals surface area contributed by atoms with E-state index in [1.807, 2.05) is 0 Å². The van der Waals surface area contributed by atoms with Crippen molar-refractivity contribution in [3.05, 3.63) is 0 Å². The molecule has 1 heterocycles. The summed E-state index contributed by atoms with van der Waals surface area (Å²) in [6, 6.07) is -1.14. The van der Waals surface area contributed by atoms with Crippen molar-refractivity contribution in [2.45, 2.75) is 25.9 Å². The summed E-state index contributed by atoms with van der Waals surface area (Å²) in [6.07, 6.45) is 2.01. The number of rotatable bonds is 0. The maximum Gasteiger partial charge on any atom is 0.0758 e.